The number of nitrogens with zero attached hydrogens (tertiary/aromatic N) is 1. The van der Waals surface area contributed by atoms with Crippen LogP contribution in [-0.2, 0) is 16.2 Å². The van der Waals surface area contributed by atoms with E-state index in [2.05, 4.69) is 12.2 Å². The number of methoxy groups -OCH3 is 1. The van der Waals surface area contributed by atoms with Crippen molar-refractivity contribution >= 4 is 11.8 Å². The van der Waals surface area contributed by atoms with E-state index >= 15 is 0 Å². The van der Waals surface area contributed by atoms with Gasteiger partial charge >= 0.3 is 0 Å². The van der Waals surface area contributed by atoms with E-state index in [4.69, 9.17) is 9.47 Å². The summed E-state index contributed by atoms with van der Waals surface area (Å²) >= 11 is 0. The number of fused-ring (bicyclic) bond motifs is 3. The Bertz CT molecular complexity index is 1070. The minimum atomic E-state index is -1.07. The fourth-order valence-electron chi connectivity index (χ4n) is 6.75. The molecule has 0 saturated heterocycles. The van der Waals surface area contributed by atoms with Crippen LogP contribution in [0.15, 0.2) is 23.8 Å². The molecular weight excluding hydrogens is 524 g/mol. The van der Waals surface area contributed by atoms with Crippen LogP contribution in [-0.4, -0.2) is 76.6 Å². The minimum absolute atomic E-state index is 0.0120. The second-order valence-corrected chi connectivity index (χ2v) is 11.6. The molecular formula is C32H48N2O7. The first-order chi connectivity index (χ1) is 19.9. The van der Waals surface area contributed by atoms with Gasteiger partial charge in [-0.2, -0.15) is 0 Å². The van der Waals surface area contributed by atoms with Gasteiger partial charge in [-0.1, -0.05) is 58.3 Å². The Morgan fingerprint density at radius 2 is 1.80 bits per heavy atom. The molecule has 0 bridgehead atoms. The molecule has 0 aromatic heterocycles. The first-order valence-electron chi connectivity index (χ1n) is 15.5. The third kappa shape index (κ3) is 7.07. The summed E-state index contributed by atoms with van der Waals surface area (Å²) in [7, 11) is 1.51. The monoisotopic (exact) mass is 572 g/mol. The lowest BCUT2D eigenvalue weighted by Gasteiger charge is -2.44. The summed E-state index contributed by atoms with van der Waals surface area (Å²) in [5.74, 6) is -0.121. The molecule has 41 heavy (non-hydrogen) atoms. The molecule has 2 amide bonds. The molecule has 228 valence electrons. The van der Waals surface area contributed by atoms with Gasteiger partial charge in [0.2, 0.25) is 11.8 Å². The van der Waals surface area contributed by atoms with Crippen LogP contribution in [0, 0.1) is 0 Å². The molecule has 4 N–H and O–H groups in total. The molecule has 4 rings (SSSR count). The topological polar surface area (TPSA) is 129 Å². The number of carbonyl (C=O) groups excluding carboxylic acids is 2. The van der Waals surface area contributed by atoms with Crippen molar-refractivity contribution in [2.75, 3.05) is 20.3 Å². The highest BCUT2D eigenvalue weighted by Gasteiger charge is 2.52. The van der Waals surface area contributed by atoms with Gasteiger partial charge in [0, 0.05) is 30.1 Å². The van der Waals surface area contributed by atoms with Crippen LogP contribution in [0.2, 0.25) is 0 Å². The van der Waals surface area contributed by atoms with Gasteiger partial charge in [0.05, 0.1) is 32.3 Å². The Labute approximate surface area is 243 Å². The molecule has 2 aliphatic carbocycles. The third-order valence-electron chi connectivity index (χ3n) is 8.82. The highest BCUT2D eigenvalue weighted by Crippen LogP contribution is 2.51. The third-order valence-corrected chi connectivity index (χ3v) is 8.82. The van der Waals surface area contributed by atoms with Crippen molar-refractivity contribution in [3.8, 4) is 11.5 Å². The van der Waals surface area contributed by atoms with Crippen molar-refractivity contribution in [3.63, 3.8) is 0 Å². The van der Waals surface area contributed by atoms with Crippen LogP contribution >= 0.6 is 0 Å². The predicted octanol–water partition coefficient (Wildman–Crippen LogP) is 3.72. The maximum atomic E-state index is 13.9. The van der Waals surface area contributed by atoms with Gasteiger partial charge in [-0.15, -0.1) is 0 Å². The molecule has 0 spiro atoms. The van der Waals surface area contributed by atoms with E-state index in [9.17, 15) is 24.9 Å². The average Bonchev–Trinajstić information content (AvgIpc) is 3.17. The standard InChI is InChI=1S/C32H48N2O7/c1-3-4-5-6-11-14-27(37)34(22-12-9-7-8-10-13-22)25-19-24(32(39)33-15-16-35)28-23-17-21(20-36)18-26(40-2)30(23)41-31(28)29(25)38/h17-19,22,25,28-29,31,35-36,38H,3-16,20H2,1-2H3,(H,33,39). The van der Waals surface area contributed by atoms with Gasteiger partial charge in [-0.05, 0) is 43.0 Å². The van der Waals surface area contributed by atoms with E-state index in [1.807, 2.05) is 4.90 Å². The average molecular weight is 573 g/mol. The van der Waals surface area contributed by atoms with Gasteiger partial charge in [0.1, 0.15) is 12.2 Å². The second-order valence-electron chi connectivity index (χ2n) is 11.6. The van der Waals surface area contributed by atoms with Crippen LogP contribution in [0.4, 0.5) is 0 Å². The van der Waals surface area contributed by atoms with Gasteiger partial charge < -0.3 is 35.0 Å². The summed E-state index contributed by atoms with van der Waals surface area (Å²) in [6.45, 7) is 1.82. The molecule has 1 saturated carbocycles. The number of ether oxygens (including phenoxy) is 2. The zero-order chi connectivity index (χ0) is 29.4. The molecule has 1 aromatic rings. The zero-order valence-electron chi connectivity index (χ0n) is 24.6. The van der Waals surface area contributed by atoms with Crippen molar-refractivity contribution in [3.05, 3.63) is 34.9 Å². The molecule has 1 fully saturated rings. The Morgan fingerprint density at radius 1 is 1.07 bits per heavy atom. The number of unbranched alkanes of at least 4 members (excludes halogenated alkanes) is 4. The van der Waals surface area contributed by atoms with Crippen LogP contribution in [0.3, 0.4) is 0 Å². The summed E-state index contributed by atoms with van der Waals surface area (Å²) in [6, 6.07) is 2.73. The lowest BCUT2D eigenvalue weighted by molar-refractivity contribution is -0.141. The lowest BCUT2D eigenvalue weighted by atomic mass is 9.76. The molecule has 9 nitrogen and oxygen atoms in total. The van der Waals surface area contributed by atoms with Crippen molar-refractivity contribution in [2.24, 2.45) is 0 Å². The molecule has 9 heteroatoms. The van der Waals surface area contributed by atoms with Crippen LogP contribution in [0.1, 0.15) is 101 Å². The van der Waals surface area contributed by atoms with E-state index in [1.165, 1.54) is 7.11 Å². The maximum absolute atomic E-state index is 13.9. The molecule has 1 heterocycles. The fraction of sp³-hybridized carbons (Fsp3) is 0.688. The summed E-state index contributed by atoms with van der Waals surface area (Å²) in [5.41, 5.74) is 1.66. The zero-order valence-corrected chi connectivity index (χ0v) is 24.6. The van der Waals surface area contributed by atoms with Crippen LogP contribution < -0.4 is 14.8 Å². The van der Waals surface area contributed by atoms with Crippen LogP contribution in [0.5, 0.6) is 11.5 Å². The number of rotatable bonds is 13. The second kappa shape index (κ2) is 15.0. The molecule has 1 aromatic carbocycles. The summed E-state index contributed by atoms with van der Waals surface area (Å²) < 4.78 is 11.9. The number of benzene rings is 1. The Hall–Kier alpha value is -2.62. The first-order valence-corrected chi connectivity index (χ1v) is 15.5. The molecule has 3 aliphatic rings. The van der Waals surface area contributed by atoms with Crippen molar-refractivity contribution in [2.45, 2.75) is 121 Å². The van der Waals surface area contributed by atoms with E-state index < -0.39 is 24.2 Å². The van der Waals surface area contributed by atoms with Crippen molar-refractivity contribution in [1.29, 1.82) is 0 Å². The van der Waals surface area contributed by atoms with Gasteiger partial charge in [0.25, 0.3) is 0 Å². The molecule has 1 aliphatic heterocycles. The lowest BCUT2D eigenvalue weighted by Crippen LogP contribution is -2.58. The summed E-state index contributed by atoms with van der Waals surface area (Å²) in [6.07, 6.45) is 11.5. The van der Waals surface area contributed by atoms with E-state index in [0.717, 1.165) is 70.6 Å². The number of amides is 2. The van der Waals surface area contributed by atoms with Gasteiger partial charge in [0.15, 0.2) is 11.5 Å². The quantitative estimate of drug-likeness (QED) is 0.210. The Morgan fingerprint density at radius 3 is 2.46 bits per heavy atom. The maximum Gasteiger partial charge on any atom is 0.247 e. The van der Waals surface area contributed by atoms with E-state index in [-0.39, 0.29) is 37.6 Å². The number of carbonyl (C=O) groups is 2. The number of aliphatic hydroxyl groups excluding tert-OH is 3. The number of hydrogen-bond donors (Lipinski definition) is 4. The molecule has 4 atom stereocenters. The summed E-state index contributed by atoms with van der Waals surface area (Å²) in [4.78, 5) is 29.4. The number of hydrogen-bond acceptors (Lipinski definition) is 7. The van der Waals surface area contributed by atoms with E-state index in [0.29, 0.717) is 34.6 Å². The van der Waals surface area contributed by atoms with Crippen LogP contribution in [0.25, 0.3) is 0 Å². The number of aliphatic hydroxyl groups is 3. The highest BCUT2D eigenvalue weighted by molar-refractivity contribution is 5.96. The molecule has 4 unspecified atom stereocenters. The van der Waals surface area contributed by atoms with Gasteiger partial charge in [-0.3, -0.25) is 9.59 Å². The van der Waals surface area contributed by atoms with E-state index in [1.54, 1.807) is 18.2 Å². The fourth-order valence-corrected chi connectivity index (χ4v) is 6.75. The van der Waals surface area contributed by atoms with Crippen molar-refractivity contribution in [1.82, 2.24) is 10.2 Å². The molecule has 0 radical (unpaired) electrons. The minimum Gasteiger partial charge on any atom is -0.493 e. The summed E-state index contributed by atoms with van der Waals surface area (Å²) in [5, 5.41) is 34.0. The van der Waals surface area contributed by atoms with Gasteiger partial charge in [-0.25, -0.2) is 0 Å². The predicted molar refractivity (Wildman–Crippen MR) is 156 cm³/mol. The number of nitrogens with one attached hydrogen (secondary N) is 1. The largest absolute Gasteiger partial charge is 0.493 e. The van der Waals surface area contributed by atoms with Crippen molar-refractivity contribution < 1.29 is 34.4 Å². The highest BCUT2D eigenvalue weighted by atomic mass is 16.5. The Kier molecular flexibility index (Phi) is 11.5. The SMILES string of the molecule is CCCCCCCC(=O)N(C1CCCCCC1)C1C=C(C(=O)NCCO)C2c3cc(CO)cc(OC)c3OC2C1O. The smallest absolute Gasteiger partial charge is 0.247 e. The Balaban J connectivity index is 1.73. The first kappa shape index (κ1) is 31.3. The normalized spacial score (nSPS) is 24.0.